The molecule has 124 valence electrons. The lowest BCUT2D eigenvalue weighted by molar-refractivity contribution is 0.280. The second-order valence-electron chi connectivity index (χ2n) is 4.87. The van der Waals surface area contributed by atoms with Crippen LogP contribution in [-0.2, 0) is 0 Å². The van der Waals surface area contributed by atoms with E-state index in [-0.39, 0.29) is 24.0 Å². The lowest BCUT2D eigenvalue weighted by Crippen LogP contribution is -2.41. The maximum Gasteiger partial charge on any atom is 0.193 e. The van der Waals surface area contributed by atoms with E-state index in [4.69, 9.17) is 4.74 Å². The molecule has 0 amide bonds. The van der Waals surface area contributed by atoms with Gasteiger partial charge in [-0.2, -0.15) is 0 Å². The van der Waals surface area contributed by atoms with Crippen molar-refractivity contribution in [1.82, 2.24) is 10.2 Å². The molecule has 1 aromatic carbocycles. The number of guanidine groups is 1. The van der Waals surface area contributed by atoms with Crippen LogP contribution in [0.15, 0.2) is 41.4 Å². The van der Waals surface area contributed by atoms with E-state index in [9.17, 15) is 0 Å². The smallest absolute Gasteiger partial charge is 0.193 e. The number of para-hydroxylation sites is 1. The number of hydrogen-bond donors (Lipinski definition) is 1. The minimum absolute atomic E-state index is 0. The molecular weight excluding hydrogens is 389 g/mol. The highest BCUT2D eigenvalue weighted by Crippen LogP contribution is 2.15. The van der Waals surface area contributed by atoms with Gasteiger partial charge < -0.3 is 15.0 Å². The maximum absolute atomic E-state index is 5.81. The number of nitrogens with one attached hydrogen (secondary N) is 1. The van der Waals surface area contributed by atoms with Gasteiger partial charge in [-0.3, -0.25) is 4.99 Å². The van der Waals surface area contributed by atoms with Gasteiger partial charge in [-0.15, -0.1) is 24.0 Å². The lowest BCUT2D eigenvalue weighted by atomic mass is 10.2. The topological polar surface area (TPSA) is 36.9 Å². The van der Waals surface area contributed by atoms with Gasteiger partial charge in [-0.1, -0.05) is 30.4 Å². The van der Waals surface area contributed by atoms with Crippen molar-refractivity contribution in [1.29, 1.82) is 0 Å². The van der Waals surface area contributed by atoms with Crippen LogP contribution in [0.5, 0.6) is 5.75 Å². The van der Waals surface area contributed by atoms with Crippen LogP contribution in [0.4, 0.5) is 0 Å². The molecule has 0 aliphatic carbocycles. The predicted molar refractivity (Wildman–Crippen MR) is 106 cm³/mol. The summed E-state index contributed by atoms with van der Waals surface area (Å²) < 4.78 is 5.81. The molecule has 0 aliphatic heterocycles. The first kappa shape index (κ1) is 20.8. The predicted octanol–water partition coefficient (Wildman–Crippen LogP) is 3.47. The van der Waals surface area contributed by atoms with Crippen LogP contribution in [0.25, 0.3) is 0 Å². The van der Waals surface area contributed by atoms with Crippen molar-refractivity contribution in [2.24, 2.45) is 4.99 Å². The number of likely N-dealkylation sites (N-methyl/N-ethyl adjacent to an activating group) is 1. The van der Waals surface area contributed by atoms with Crippen molar-refractivity contribution in [3.63, 3.8) is 0 Å². The van der Waals surface area contributed by atoms with E-state index >= 15 is 0 Å². The fourth-order valence-electron chi connectivity index (χ4n) is 1.94. The van der Waals surface area contributed by atoms with Crippen molar-refractivity contribution in [2.75, 3.05) is 33.8 Å². The Morgan fingerprint density at radius 3 is 2.73 bits per heavy atom. The summed E-state index contributed by atoms with van der Waals surface area (Å²) >= 11 is 0. The maximum atomic E-state index is 5.81. The van der Waals surface area contributed by atoms with E-state index in [0.717, 1.165) is 36.8 Å². The zero-order chi connectivity index (χ0) is 15.5. The third kappa shape index (κ3) is 7.68. The molecule has 1 aromatic rings. The monoisotopic (exact) mass is 417 g/mol. The number of benzene rings is 1. The Labute approximate surface area is 151 Å². The molecule has 1 N–H and O–H groups in total. The van der Waals surface area contributed by atoms with E-state index in [0.29, 0.717) is 6.61 Å². The molecule has 0 heterocycles. The van der Waals surface area contributed by atoms with Gasteiger partial charge in [0.05, 0.1) is 6.54 Å². The molecule has 4 nitrogen and oxygen atoms in total. The van der Waals surface area contributed by atoms with Crippen LogP contribution in [0, 0.1) is 6.92 Å². The fourth-order valence-corrected chi connectivity index (χ4v) is 1.94. The number of aryl methyl sites for hydroxylation is 1. The second-order valence-corrected chi connectivity index (χ2v) is 4.87. The number of hydrogen-bond acceptors (Lipinski definition) is 2. The Bertz CT molecular complexity index is 475. The summed E-state index contributed by atoms with van der Waals surface area (Å²) in [6.07, 6.45) is 5.20. The minimum atomic E-state index is 0. The van der Waals surface area contributed by atoms with E-state index < -0.39 is 0 Å². The summed E-state index contributed by atoms with van der Waals surface area (Å²) in [4.78, 5) is 6.36. The summed E-state index contributed by atoms with van der Waals surface area (Å²) in [6, 6.07) is 8.07. The molecule has 1 rings (SSSR count). The van der Waals surface area contributed by atoms with Crippen molar-refractivity contribution in [3.8, 4) is 5.75 Å². The van der Waals surface area contributed by atoms with Crippen molar-refractivity contribution in [2.45, 2.75) is 20.3 Å². The van der Waals surface area contributed by atoms with Gasteiger partial charge in [-0.05, 0) is 31.9 Å². The van der Waals surface area contributed by atoms with Gasteiger partial charge in [0, 0.05) is 20.6 Å². The molecule has 0 unspecified atom stereocenters. The third-order valence-corrected chi connectivity index (χ3v) is 3.18. The van der Waals surface area contributed by atoms with Gasteiger partial charge in [-0.25, -0.2) is 0 Å². The number of halogens is 1. The fraction of sp³-hybridized carbons (Fsp3) is 0.471. The largest absolute Gasteiger partial charge is 0.491 e. The highest BCUT2D eigenvalue weighted by molar-refractivity contribution is 14.0. The van der Waals surface area contributed by atoms with Crippen LogP contribution in [-0.4, -0.2) is 44.7 Å². The molecule has 22 heavy (non-hydrogen) atoms. The van der Waals surface area contributed by atoms with Crippen LogP contribution in [0.3, 0.4) is 0 Å². The SMILES string of the molecule is C/C=C/CCNC(=NC)N(C)CCOc1ccccc1C.I. The molecule has 0 bridgehead atoms. The molecule has 0 radical (unpaired) electrons. The molecule has 0 aliphatic rings. The zero-order valence-electron chi connectivity index (χ0n) is 14.0. The minimum Gasteiger partial charge on any atom is -0.491 e. The molecule has 0 fully saturated rings. The summed E-state index contributed by atoms with van der Waals surface area (Å²) in [7, 11) is 3.82. The van der Waals surface area contributed by atoms with E-state index in [1.165, 1.54) is 0 Å². The van der Waals surface area contributed by atoms with Gasteiger partial charge in [0.2, 0.25) is 0 Å². The van der Waals surface area contributed by atoms with Gasteiger partial charge in [0.1, 0.15) is 12.4 Å². The normalized spacial score (nSPS) is 11.2. The van der Waals surface area contributed by atoms with E-state index in [1.54, 1.807) is 7.05 Å². The summed E-state index contributed by atoms with van der Waals surface area (Å²) in [5.41, 5.74) is 1.16. The second kappa shape index (κ2) is 12.3. The van der Waals surface area contributed by atoms with Gasteiger partial charge in [0.25, 0.3) is 0 Å². The summed E-state index contributed by atoms with van der Waals surface area (Å²) in [5, 5.41) is 3.33. The number of aliphatic imine (C=N–C) groups is 1. The number of rotatable bonds is 7. The Kier molecular flexibility index (Phi) is 11.6. The van der Waals surface area contributed by atoms with Crippen LogP contribution < -0.4 is 10.1 Å². The summed E-state index contributed by atoms with van der Waals surface area (Å²) in [5.74, 6) is 1.84. The number of allylic oxidation sites excluding steroid dienone is 1. The lowest BCUT2D eigenvalue weighted by Gasteiger charge is -2.22. The first-order valence-corrected chi connectivity index (χ1v) is 7.40. The molecule has 0 spiro atoms. The standard InChI is InChI=1S/C17H27N3O.HI/c1-5-6-9-12-19-17(18-3)20(4)13-14-21-16-11-8-7-10-15(16)2;/h5-8,10-11H,9,12-14H2,1-4H3,(H,18,19);1H/b6-5+;. The van der Waals surface area contributed by atoms with E-state index in [2.05, 4.69) is 40.4 Å². The third-order valence-electron chi connectivity index (χ3n) is 3.18. The quantitative estimate of drug-likeness (QED) is 0.243. The van der Waals surface area contributed by atoms with Gasteiger partial charge in [0.15, 0.2) is 5.96 Å². The van der Waals surface area contributed by atoms with Crippen LogP contribution in [0.2, 0.25) is 0 Å². The Morgan fingerprint density at radius 2 is 2.09 bits per heavy atom. The van der Waals surface area contributed by atoms with Crippen molar-refractivity contribution in [3.05, 3.63) is 42.0 Å². The van der Waals surface area contributed by atoms with Gasteiger partial charge >= 0.3 is 0 Å². The molecule has 0 atom stereocenters. The highest BCUT2D eigenvalue weighted by atomic mass is 127. The van der Waals surface area contributed by atoms with Crippen LogP contribution >= 0.6 is 24.0 Å². The molecular formula is C17H28IN3O. The van der Waals surface area contributed by atoms with Crippen molar-refractivity contribution < 1.29 is 4.74 Å². The Morgan fingerprint density at radius 1 is 1.36 bits per heavy atom. The number of nitrogens with zero attached hydrogens (tertiary/aromatic N) is 2. The molecule has 5 heteroatoms. The van der Waals surface area contributed by atoms with Crippen LogP contribution in [0.1, 0.15) is 18.9 Å². The molecule has 0 saturated heterocycles. The highest BCUT2D eigenvalue weighted by Gasteiger charge is 2.05. The summed E-state index contributed by atoms with van der Waals surface area (Å²) in [6.45, 7) is 6.40. The zero-order valence-corrected chi connectivity index (χ0v) is 16.3. The average molecular weight is 417 g/mol. The molecule has 0 aromatic heterocycles. The Hall–Kier alpha value is -1.24. The average Bonchev–Trinajstić information content (AvgIpc) is 2.49. The first-order valence-electron chi connectivity index (χ1n) is 7.40. The molecule has 0 saturated carbocycles. The Balaban J connectivity index is 0.00000441. The number of ether oxygens (including phenoxy) is 1. The van der Waals surface area contributed by atoms with E-state index in [1.807, 2.05) is 32.2 Å². The van der Waals surface area contributed by atoms with Crippen molar-refractivity contribution >= 4 is 29.9 Å². The first-order chi connectivity index (χ1) is 10.2.